The average molecular weight is 358 g/mol. The third kappa shape index (κ3) is 4.00. The molecule has 0 aromatic carbocycles. The summed E-state index contributed by atoms with van der Waals surface area (Å²) < 4.78 is 7.42. The van der Waals surface area contributed by atoms with Gasteiger partial charge in [0.15, 0.2) is 5.69 Å². The van der Waals surface area contributed by atoms with Crippen molar-refractivity contribution in [2.24, 2.45) is 11.3 Å². The minimum Gasteiger partial charge on any atom is -0.360 e. The largest absolute Gasteiger partial charge is 0.360 e. The van der Waals surface area contributed by atoms with E-state index in [2.05, 4.69) is 42.4 Å². The number of carbonyl (C=O) groups excluding carboxylic acids is 1. The SMILES string of the molecule is Cc1cc(C)n(CCCNC(=O)c2noc3c2CC(C(C)(C)C)CC3)n1. The molecular weight excluding hydrogens is 328 g/mol. The van der Waals surface area contributed by atoms with Crippen molar-refractivity contribution < 1.29 is 9.32 Å². The fourth-order valence-electron chi connectivity index (χ4n) is 3.74. The first kappa shape index (κ1) is 18.7. The van der Waals surface area contributed by atoms with Gasteiger partial charge in [-0.2, -0.15) is 5.10 Å². The van der Waals surface area contributed by atoms with Gasteiger partial charge in [0.2, 0.25) is 0 Å². The van der Waals surface area contributed by atoms with E-state index < -0.39 is 0 Å². The lowest BCUT2D eigenvalue weighted by atomic mass is 9.71. The minimum atomic E-state index is -0.127. The van der Waals surface area contributed by atoms with Crippen LogP contribution in [0.15, 0.2) is 10.6 Å². The second-order valence-electron chi connectivity index (χ2n) is 8.50. The van der Waals surface area contributed by atoms with Gasteiger partial charge in [0.25, 0.3) is 5.91 Å². The van der Waals surface area contributed by atoms with Crippen molar-refractivity contribution in [3.8, 4) is 0 Å². The highest BCUT2D eigenvalue weighted by atomic mass is 16.5. The van der Waals surface area contributed by atoms with Gasteiger partial charge in [0.05, 0.1) is 5.69 Å². The van der Waals surface area contributed by atoms with Crippen LogP contribution in [-0.2, 0) is 19.4 Å². The zero-order valence-corrected chi connectivity index (χ0v) is 16.6. The monoisotopic (exact) mass is 358 g/mol. The van der Waals surface area contributed by atoms with Gasteiger partial charge in [-0.25, -0.2) is 0 Å². The molecule has 0 saturated carbocycles. The standard InChI is InChI=1S/C20H30N4O2/c1-13-11-14(2)24(22-13)10-6-9-21-19(25)18-16-12-15(20(3,4)5)7-8-17(16)26-23-18/h11,15H,6-10,12H2,1-5H3,(H,21,25). The Balaban J connectivity index is 1.56. The molecular formula is C20H30N4O2. The third-order valence-corrected chi connectivity index (χ3v) is 5.42. The molecule has 3 rings (SSSR count). The Labute approximate surface area is 155 Å². The van der Waals surface area contributed by atoms with Crippen molar-refractivity contribution in [1.29, 1.82) is 0 Å². The Morgan fingerprint density at radius 2 is 2.15 bits per heavy atom. The van der Waals surface area contributed by atoms with Gasteiger partial charge < -0.3 is 9.84 Å². The molecule has 0 saturated heterocycles. The molecule has 0 fully saturated rings. The van der Waals surface area contributed by atoms with Gasteiger partial charge in [-0.05, 0) is 50.5 Å². The number of fused-ring (bicyclic) bond motifs is 1. The molecule has 0 spiro atoms. The maximum atomic E-state index is 12.6. The number of carbonyl (C=O) groups is 1. The van der Waals surface area contributed by atoms with Crippen molar-refractivity contribution in [1.82, 2.24) is 20.3 Å². The molecule has 1 amide bonds. The highest BCUT2D eigenvalue weighted by Gasteiger charge is 2.34. The summed E-state index contributed by atoms with van der Waals surface area (Å²) in [5, 5.41) is 11.5. The number of nitrogens with zero attached hydrogens (tertiary/aromatic N) is 3. The first-order chi connectivity index (χ1) is 12.3. The topological polar surface area (TPSA) is 73.0 Å². The van der Waals surface area contributed by atoms with Gasteiger partial charge >= 0.3 is 0 Å². The van der Waals surface area contributed by atoms with Crippen molar-refractivity contribution in [3.05, 3.63) is 34.5 Å². The number of amides is 1. The number of hydrogen-bond donors (Lipinski definition) is 1. The summed E-state index contributed by atoms with van der Waals surface area (Å²) in [4.78, 5) is 12.6. The molecule has 142 valence electrons. The van der Waals surface area contributed by atoms with Gasteiger partial charge in [0.1, 0.15) is 5.76 Å². The van der Waals surface area contributed by atoms with Crippen LogP contribution in [-0.4, -0.2) is 27.4 Å². The van der Waals surface area contributed by atoms with Gasteiger partial charge in [-0.1, -0.05) is 25.9 Å². The number of hydrogen-bond acceptors (Lipinski definition) is 4. The summed E-state index contributed by atoms with van der Waals surface area (Å²) in [6.07, 6.45) is 3.67. The number of rotatable bonds is 5. The van der Waals surface area contributed by atoms with E-state index in [9.17, 15) is 4.79 Å². The molecule has 0 bridgehead atoms. The van der Waals surface area contributed by atoms with Crippen LogP contribution >= 0.6 is 0 Å². The van der Waals surface area contributed by atoms with Crippen LogP contribution in [0.4, 0.5) is 0 Å². The molecule has 6 heteroatoms. The summed E-state index contributed by atoms with van der Waals surface area (Å²) >= 11 is 0. The summed E-state index contributed by atoms with van der Waals surface area (Å²) in [7, 11) is 0. The van der Waals surface area contributed by atoms with Crippen LogP contribution in [0.3, 0.4) is 0 Å². The summed E-state index contributed by atoms with van der Waals surface area (Å²) in [6.45, 7) is 12.2. The fourth-order valence-corrected chi connectivity index (χ4v) is 3.74. The molecule has 1 aliphatic rings. The van der Waals surface area contributed by atoms with Crippen molar-refractivity contribution in [2.75, 3.05) is 6.54 Å². The maximum absolute atomic E-state index is 12.6. The highest BCUT2D eigenvalue weighted by molar-refractivity contribution is 5.93. The lowest BCUT2D eigenvalue weighted by Crippen LogP contribution is -2.30. The molecule has 1 aliphatic carbocycles. The van der Waals surface area contributed by atoms with E-state index in [0.717, 1.165) is 54.9 Å². The second kappa shape index (κ2) is 7.25. The highest BCUT2D eigenvalue weighted by Crippen LogP contribution is 2.38. The van der Waals surface area contributed by atoms with E-state index in [0.29, 0.717) is 18.2 Å². The van der Waals surface area contributed by atoms with Crippen LogP contribution in [0.25, 0.3) is 0 Å². The molecule has 1 unspecified atom stereocenters. The molecule has 2 heterocycles. The Bertz CT molecular complexity index is 782. The third-order valence-electron chi connectivity index (χ3n) is 5.42. The van der Waals surface area contributed by atoms with Crippen LogP contribution < -0.4 is 5.32 Å². The number of nitrogens with one attached hydrogen (secondary N) is 1. The van der Waals surface area contributed by atoms with E-state index in [1.807, 2.05) is 18.5 Å². The van der Waals surface area contributed by atoms with Gasteiger partial charge in [-0.15, -0.1) is 0 Å². The first-order valence-electron chi connectivity index (χ1n) is 9.52. The number of aryl methyl sites for hydroxylation is 4. The van der Waals surface area contributed by atoms with Crippen molar-refractivity contribution >= 4 is 5.91 Å². The Morgan fingerprint density at radius 3 is 2.81 bits per heavy atom. The first-order valence-corrected chi connectivity index (χ1v) is 9.52. The quantitative estimate of drug-likeness (QED) is 0.831. The smallest absolute Gasteiger partial charge is 0.273 e. The Morgan fingerprint density at radius 1 is 1.38 bits per heavy atom. The lowest BCUT2D eigenvalue weighted by molar-refractivity contribution is 0.0942. The summed E-state index contributed by atoms with van der Waals surface area (Å²) in [5.41, 5.74) is 3.87. The molecule has 6 nitrogen and oxygen atoms in total. The molecule has 1 atom stereocenters. The van der Waals surface area contributed by atoms with Crippen molar-refractivity contribution in [2.45, 2.75) is 66.8 Å². The van der Waals surface area contributed by atoms with E-state index in [1.165, 1.54) is 0 Å². The normalized spacial score (nSPS) is 17.2. The molecule has 2 aromatic heterocycles. The van der Waals surface area contributed by atoms with Crippen LogP contribution in [0.2, 0.25) is 0 Å². The van der Waals surface area contributed by atoms with E-state index in [-0.39, 0.29) is 11.3 Å². The summed E-state index contributed by atoms with van der Waals surface area (Å²) in [6, 6.07) is 2.06. The number of aromatic nitrogens is 3. The van der Waals surface area contributed by atoms with Gasteiger partial charge in [0, 0.05) is 30.8 Å². The van der Waals surface area contributed by atoms with Gasteiger partial charge in [-0.3, -0.25) is 9.48 Å². The molecule has 0 aliphatic heterocycles. The molecule has 0 radical (unpaired) electrons. The Hall–Kier alpha value is -2.11. The van der Waals surface area contributed by atoms with Crippen molar-refractivity contribution in [3.63, 3.8) is 0 Å². The lowest BCUT2D eigenvalue weighted by Gasteiger charge is -2.33. The van der Waals surface area contributed by atoms with Crippen LogP contribution in [0, 0.1) is 25.2 Å². The minimum absolute atomic E-state index is 0.127. The molecule has 26 heavy (non-hydrogen) atoms. The fraction of sp³-hybridized carbons (Fsp3) is 0.650. The van der Waals surface area contributed by atoms with E-state index in [4.69, 9.17) is 4.52 Å². The Kier molecular flexibility index (Phi) is 5.21. The molecule has 2 aromatic rings. The van der Waals surface area contributed by atoms with Crippen LogP contribution in [0.1, 0.15) is 66.8 Å². The predicted octanol–water partition coefficient (Wildman–Crippen LogP) is 3.46. The summed E-state index contributed by atoms with van der Waals surface area (Å²) in [5.74, 6) is 1.31. The average Bonchev–Trinajstić information content (AvgIpc) is 3.12. The van der Waals surface area contributed by atoms with E-state index >= 15 is 0 Å². The van der Waals surface area contributed by atoms with Crippen LogP contribution in [0.5, 0.6) is 0 Å². The second-order valence-corrected chi connectivity index (χ2v) is 8.50. The zero-order chi connectivity index (χ0) is 18.9. The maximum Gasteiger partial charge on any atom is 0.273 e. The predicted molar refractivity (Wildman–Crippen MR) is 100 cm³/mol. The zero-order valence-electron chi connectivity index (χ0n) is 16.6. The van der Waals surface area contributed by atoms with E-state index in [1.54, 1.807) is 0 Å². The molecule has 1 N–H and O–H groups in total.